The second-order valence-corrected chi connectivity index (χ2v) is 6.21. The second-order valence-electron chi connectivity index (χ2n) is 5.77. The molecule has 1 saturated carbocycles. The van der Waals surface area contributed by atoms with Crippen LogP contribution in [0.4, 0.5) is 0 Å². The van der Waals surface area contributed by atoms with Crippen molar-refractivity contribution in [1.82, 2.24) is 5.32 Å². The lowest BCUT2D eigenvalue weighted by Gasteiger charge is -2.22. The number of hydrogen-bond acceptors (Lipinski definition) is 4. The molecule has 0 spiro atoms. The molecule has 6 heteroatoms. The van der Waals surface area contributed by atoms with Crippen LogP contribution >= 0.6 is 11.6 Å². The van der Waals surface area contributed by atoms with Gasteiger partial charge in [0.25, 0.3) is 5.91 Å². The van der Waals surface area contributed by atoms with Gasteiger partial charge in [0.2, 0.25) is 5.76 Å². The van der Waals surface area contributed by atoms with E-state index in [2.05, 4.69) is 5.32 Å². The molecule has 1 aliphatic rings. The number of esters is 1. The third-order valence-electron chi connectivity index (χ3n) is 3.98. The van der Waals surface area contributed by atoms with Gasteiger partial charge in [-0.2, -0.15) is 0 Å². The Hall–Kier alpha value is -2.01. The first-order valence-electron chi connectivity index (χ1n) is 7.77. The molecule has 0 radical (unpaired) electrons. The Balaban J connectivity index is 1.54. The summed E-state index contributed by atoms with van der Waals surface area (Å²) in [6.45, 7) is -0.298. The molecule has 1 aromatic heterocycles. The summed E-state index contributed by atoms with van der Waals surface area (Å²) < 4.78 is 10.4. The van der Waals surface area contributed by atoms with Crippen LogP contribution in [0.2, 0.25) is 5.02 Å². The zero-order valence-corrected chi connectivity index (χ0v) is 13.4. The number of carbonyl (C=O) groups excluding carboxylic acids is 2. The average molecular weight is 336 g/mol. The molecule has 5 nitrogen and oxygen atoms in total. The first-order valence-corrected chi connectivity index (χ1v) is 8.15. The number of amides is 1. The molecule has 0 atom stereocenters. The van der Waals surface area contributed by atoms with Gasteiger partial charge in [0.05, 0.1) is 0 Å². The van der Waals surface area contributed by atoms with E-state index >= 15 is 0 Å². The highest BCUT2D eigenvalue weighted by Gasteiger charge is 2.18. The van der Waals surface area contributed by atoms with E-state index in [1.165, 1.54) is 6.42 Å². The fourth-order valence-electron chi connectivity index (χ4n) is 2.83. The van der Waals surface area contributed by atoms with Crippen molar-refractivity contribution in [2.45, 2.75) is 38.1 Å². The van der Waals surface area contributed by atoms with Gasteiger partial charge < -0.3 is 14.5 Å². The molecule has 0 aliphatic heterocycles. The Labute approximate surface area is 138 Å². The smallest absolute Gasteiger partial charge is 0.374 e. The monoisotopic (exact) mass is 335 g/mol. The summed E-state index contributed by atoms with van der Waals surface area (Å²) in [7, 11) is 0. The van der Waals surface area contributed by atoms with Crippen molar-refractivity contribution >= 4 is 34.4 Å². The molecule has 1 heterocycles. The number of fused-ring (bicyclic) bond motifs is 1. The van der Waals surface area contributed by atoms with Gasteiger partial charge in [-0.15, -0.1) is 0 Å². The van der Waals surface area contributed by atoms with E-state index in [0.717, 1.165) is 31.1 Å². The molecule has 3 rings (SSSR count). The van der Waals surface area contributed by atoms with Gasteiger partial charge in [0, 0.05) is 16.5 Å². The molecule has 0 saturated heterocycles. The summed E-state index contributed by atoms with van der Waals surface area (Å²) in [5.74, 6) is -0.867. The van der Waals surface area contributed by atoms with E-state index in [0.29, 0.717) is 10.6 Å². The average Bonchev–Trinajstić information content (AvgIpc) is 2.96. The fraction of sp³-hybridized carbons (Fsp3) is 0.412. The molecule has 1 aromatic carbocycles. The number of ether oxygens (including phenoxy) is 1. The summed E-state index contributed by atoms with van der Waals surface area (Å²) >= 11 is 5.89. The Bertz CT molecular complexity index is 718. The Morgan fingerprint density at radius 3 is 2.78 bits per heavy atom. The van der Waals surface area contributed by atoms with Gasteiger partial charge in [-0.25, -0.2) is 4.79 Å². The van der Waals surface area contributed by atoms with Crippen LogP contribution in [0.1, 0.15) is 42.7 Å². The minimum atomic E-state index is -0.656. The molecule has 0 bridgehead atoms. The quantitative estimate of drug-likeness (QED) is 0.865. The number of nitrogens with one attached hydrogen (secondary N) is 1. The maximum atomic E-state index is 12.0. The SMILES string of the molecule is O=C(COC(=O)c1cc2cc(Cl)ccc2o1)NC1CCCCC1. The Kier molecular flexibility index (Phi) is 4.86. The number of furan rings is 1. The highest BCUT2D eigenvalue weighted by molar-refractivity contribution is 6.31. The van der Waals surface area contributed by atoms with Gasteiger partial charge in [0.15, 0.2) is 6.61 Å². The predicted octanol–water partition coefficient (Wildman–Crippen LogP) is 3.69. The van der Waals surface area contributed by atoms with E-state index < -0.39 is 5.97 Å². The third-order valence-corrected chi connectivity index (χ3v) is 4.22. The highest BCUT2D eigenvalue weighted by Crippen LogP contribution is 2.23. The van der Waals surface area contributed by atoms with Crippen molar-refractivity contribution in [3.8, 4) is 0 Å². The normalized spacial score (nSPS) is 15.5. The number of halogens is 1. The van der Waals surface area contributed by atoms with Crippen LogP contribution in [0, 0.1) is 0 Å². The van der Waals surface area contributed by atoms with Crippen LogP contribution in [-0.2, 0) is 9.53 Å². The van der Waals surface area contributed by atoms with Crippen molar-refractivity contribution in [2.24, 2.45) is 0 Å². The zero-order valence-electron chi connectivity index (χ0n) is 12.6. The predicted molar refractivity (Wildman–Crippen MR) is 86.5 cm³/mol. The Morgan fingerprint density at radius 1 is 1.22 bits per heavy atom. The molecular weight excluding hydrogens is 318 g/mol. The van der Waals surface area contributed by atoms with E-state index in [9.17, 15) is 9.59 Å². The maximum absolute atomic E-state index is 12.0. The number of carbonyl (C=O) groups is 2. The molecule has 1 fully saturated rings. The Morgan fingerprint density at radius 2 is 2.00 bits per heavy atom. The summed E-state index contributed by atoms with van der Waals surface area (Å²) in [6, 6.07) is 6.82. The van der Waals surface area contributed by atoms with Crippen LogP contribution in [0.5, 0.6) is 0 Å². The van der Waals surface area contributed by atoms with Gasteiger partial charge in [-0.05, 0) is 37.1 Å². The van der Waals surface area contributed by atoms with Crippen LogP contribution in [0.15, 0.2) is 28.7 Å². The van der Waals surface area contributed by atoms with Gasteiger partial charge in [-0.3, -0.25) is 4.79 Å². The second kappa shape index (κ2) is 7.04. The molecule has 0 unspecified atom stereocenters. The van der Waals surface area contributed by atoms with Crippen LogP contribution in [-0.4, -0.2) is 24.5 Å². The largest absolute Gasteiger partial charge is 0.450 e. The lowest BCUT2D eigenvalue weighted by atomic mass is 9.95. The van der Waals surface area contributed by atoms with Crippen molar-refractivity contribution in [3.05, 3.63) is 35.0 Å². The molecule has 1 amide bonds. The van der Waals surface area contributed by atoms with E-state index in [4.69, 9.17) is 20.8 Å². The van der Waals surface area contributed by atoms with E-state index in [-0.39, 0.29) is 24.3 Å². The number of hydrogen-bond donors (Lipinski definition) is 1. The molecule has 2 aromatic rings. The van der Waals surface area contributed by atoms with Crippen LogP contribution in [0.25, 0.3) is 11.0 Å². The number of benzene rings is 1. The topological polar surface area (TPSA) is 68.5 Å². The van der Waals surface area contributed by atoms with Crippen molar-refractivity contribution in [3.63, 3.8) is 0 Å². The van der Waals surface area contributed by atoms with Crippen molar-refractivity contribution in [2.75, 3.05) is 6.61 Å². The fourth-order valence-corrected chi connectivity index (χ4v) is 3.01. The first kappa shape index (κ1) is 15.9. The standard InChI is InChI=1S/C17H18ClNO4/c18-12-6-7-14-11(8-12)9-15(23-14)17(21)22-10-16(20)19-13-4-2-1-3-5-13/h6-9,13H,1-5,10H2,(H,19,20). The molecule has 122 valence electrons. The maximum Gasteiger partial charge on any atom is 0.374 e. The molecule has 1 aliphatic carbocycles. The number of rotatable bonds is 4. The summed E-state index contributed by atoms with van der Waals surface area (Å²) in [5, 5.41) is 4.17. The molecular formula is C17H18ClNO4. The van der Waals surface area contributed by atoms with Gasteiger partial charge in [0.1, 0.15) is 5.58 Å². The van der Waals surface area contributed by atoms with Crippen LogP contribution < -0.4 is 5.32 Å². The summed E-state index contributed by atoms with van der Waals surface area (Å²) in [6.07, 6.45) is 5.46. The van der Waals surface area contributed by atoms with E-state index in [1.54, 1.807) is 24.3 Å². The van der Waals surface area contributed by atoms with Crippen molar-refractivity contribution < 1.29 is 18.7 Å². The summed E-state index contributed by atoms with van der Waals surface area (Å²) in [5.41, 5.74) is 0.549. The van der Waals surface area contributed by atoms with Crippen LogP contribution in [0.3, 0.4) is 0 Å². The third kappa shape index (κ3) is 4.05. The van der Waals surface area contributed by atoms with E-state index in [1.807, 2.05) is 0 Å². The summed E-state index contributed by atoms with van der Waals surface area (Å²) in [4.78, 5) is 23.8. The van der Waals surface area contributed by atoms with Crippen molar-refractivity contribution in [1.29, 1.82) is 0 Å². The zero-order chi connectivity index (χ0) is 16.2. The lowest BCUT2D eigenvalue weighted by molar-refractivity contribution is -0.125. The lowest BCUT2D eigenvalue weighted by Crippen LogP contribution is -2.38. The van der Waals surface area contributed by atoms with Gasteiger partial charge in [-0.1, -0.05) is 30.9 Å². The minimum absolute atomic E-state index is 0.0627. The highest BCUT2D eigenvalue weighted by atomic mass is 35.5. The molecule has 1 N–H and O–H groups in total. The molecule has 23 heavy (non-hydrogen) atoms. The minimum Gasteiger partial charge on any atom is -0.450 e. The van der Waals surface area contributed by atoms with Gasteiger partial charge >= 0.3 is 5.97 Å². The first-order chi connectivity index (χ1) is 11.1.